The van der Waals surface area contributed by atoms with Crippen molar-refractivity contribution >= 4 is 28.8 Å². The van der Waals surface area contributed by atoms with Crippen molar-refractivity contribution in [1.82, 2.24) is 0 Å². The van der Waals surface area contributed by atoms with Crippen LogP contribution in [-0.2, 0) is 9.59 Å². The van der Waals surface area contributed by atoms with Gasteiger partial charge in [-0.3, -0.25) is 14.5 Å². The van der Waals surface area contributed by atoms with E-state index < -0.39 is 17.7 Å². The van der Waals surface area contributed by atoms with Gasteiger partial charge in [0.15, 0.2) is 0 Å². The molecule has 2 aromatic carbocycles. The first-order chi connectivity index (χ1) is 18.3. The van der Waals surface area contributed by atoms with Gasteiger partial charge in [-0.2, -0.15) is 0 Å². The molecule has 0 saturated carbocycles. The maximum atomic E-state index is 13.4. The number of aliphatic hydroxyl groups is 1. The monoisotopic (exact) mass is 514 g/mol. The van der Waals surface area contributed by atoms with Crippen LogP contribution in [0.3, 0.4) is 0 Å². The fraction of sp³-hybridized carbons (Fsp3) is 0.355. The van der Waals surface area contributed by atoms with Crippen LogP contribution in [0.5, 0.6) is 5.75 Å². The molecule has 1 unspecified atom stereocenters. The lowest BCUT2D eigenvalue weighted by atomic mass is 9.95. The quantitative estimate of drug-likeness (QED) is 0.237. The number of benzene rings is 2. The summed E-state index contributed by atoms with van der Waals surface area (Å²) >= 11 is 0. The molecule has 2 fully saturated rings. The third-order valence-electron chi connectivity index (χ3n) is 7.66. The molecular formula is C31H34N2O5. The number of nitrogens with zero attached hydrogens (tertiary/aromatic N) is 2. The number of rotatable bonds is 6. The number of carbonyl (C=O) groups is 2. The summed E-state index contributed by atoms with van der Waals surface area (Å²) in [6.07, 6.45) is 3.80. The first kappa shape index (κ1) is 25.6. The number of piperidine rings is 1. The lowest BCUT2D eigenvalue weighted by molar-refractivity contribution is -0.132. The van der Waals surface area contributed by atoms with Crippen molar-refractivity contribution in [3.63, 3.8) is 0 Å². The van der Waals surface area contributed by atoms with E-state index in [1.54, 1.807) is 37.4 Å². The summed E-state index contributed by atoms with van der Waals surface area (Å²) in [5.41, 5.74) is 2.99. The van der Waals surface area contributed by atoms with E-state index in [0.29, 0.717) is 22.8 Å². The number of aliphatic hydroxyl groups excluding tert-OH is 1. The number of hydrogen-bond donors (Lipinski definition) is 1. The zero-order chi connectivity index (χ0) is 27.0. The average Bonchev–Trinajstić information content (AvgIpc) is 3.55. The molecule has 1 aromatic heterocycles. The van der Waals surface area contributed by atoms with Crippen molar-refractivity contribution in [2.24, 2.45) is 5.92 Å². The average molecular weight is 515 g/mol. The highest BCUT2D eigenvalue weighted by Crippen LogP contribution is 2.43. The minimum Gasteiger partial charge on any atom is -0.507 e. The second-order valence-electron chi connectivity index (χ2n) is 10.5. The minimum atomic E-state index is -0.892. The van der Waals surface area contributed by atoms with Gasteiger partial charge in [0.1, 0.15) is 23.3 Å². The van der Waals surface area contributed by atoms with Crippen LogP contribution in [0.25, 0.3) is 5.76 Å². The number of ether oxygens (including phenoxy) is 1. The number of furan rings is 1. The smallest absolute Gasteiger partial charge is 0.300 e. The molecule has 0 radical (unpaired) electrons. The minimum absolute atomic E-state index is 0.00100. The molecule has 198 valence electrons. The number of hydrogen-bond acceptors (Lipinski definition) is 6. The van der Waals surface area contributed by atoms with E-state index in [2.05, 4.69) is 11.8 Å². The molecule has 7 nitrogen and oxygen atoms in total. The standard InChI is InChI=1S/C31H34N2O5/c1-19(2)24-18-21(7-12-25(24)37-4)29(34)27-28(26-6-5-17-38-26)33(31(36)30(27)35)23-10-8-22(9-11-23)32-15-13-20(3)14-16-32/h5-12,17-20,28,34H,13-16H2,1-4H3/b29-27-. The highest BCUT2D eigenvalue weighted by molar-refractivity contribution is 6.51. The summed E-state index contributed by atoms with van der Waals surface area (Å²) < 4.78 is 11.2. The molecule has 7 heteroatoms. The van der Waals surface area contributed by atoms with Crippen molar-refractivity contribution in [2.75, 3.05) is 30.0 Å². The van der Waals surface area contributed by atoms with Crippen molar-refractivity contribution in [3.8, 4) is 5.75 Å². The van der Waals surface area contributed by atoms with Crippen LogP contribution in [-0.4, -0.2) is 37.0 Å². The molecule has 0 aliphatic carbocycles. The summed E-state index contributed by atoms with van der Waals surface area (Å²) in [6, 6.07) is 15.5. The van der Waals surface area contributed by atoms with Crippen molar-refractivity contribution in [1.29, 1.82) is 0 Å². The van der Waals surface area contributed by atoms with Crippen LogP contribution in [0.4, 0.5) is 11.4 Å². The third-order valence-corrected chi connectivity index (χ3v) is 7.66. The van der Waals surface area contributed by atoms with E-state index in [1.165, 1.54) is 11.2 Å². The van der Waals surface area contributed by atoms with Gasteiger partial charge in [0, 0.05) is 30.0 Å². The highest BCUT2D eigenvalue weighted by atomic mass is 16.5. The number of Topliss-reactive ketones (excluding diaryl/α,β-unsaturated/α-hetero) is 1. The van der Waals surface area contributed by atoms with Crippen molar-refractivity contribution < 1.29 is 23.8 Å². The zero-order valence-electron chi connectivity index (χ0n) is 22.3. The summed E-state index contributed by atoms with van der Waals surface area (Å²) in [7, 11) is 1.60. The molecule has 2 aliphatic rings. The van der Waals surface area contributed by atoms with Gasteiger partial charge in [-0.25, -0.2) is 0 Å². The van der Waals surface area contributed by atoms with Crippen LogP contribution < -0.4 is 14.5 Å². The lowest BCUT2D eigenvalue weighted by Crippen LogP contribution is -2.33. The summed E-state index contributed by atoms with van der Waals surface area (Å²) in [5, 5.41) is 11.4. The van der Waals surface area contributed by atoms with Crippen LogP contribution in [0.1, 0.15) is 62.5 Å². The van der Waals surface area contributed by atoms with Gasteiger partial charge in [-0.05, 0) is 84.8 Å². The Kier molecular flexibility index (Phi) is 7.02. The fourth-order valence-corrected chi connectivity index (χ4v) is 5.39. The van der Waals surface area contributed by atoms with E-state index >= 15 is 0 Å². The Morgan fingerprint density at radius 2 is 1.71 bits per heavy atom. The van der Waals surface area contributed by atoms with E-state index in [9.17, 15) is 14.7 Å². The number of ketones is 1. The van der Waals surface area contributed by atoms with Crippen LogP contribution in [0.2, 0.25) is 0 Å². The van der Waals surface area contributed by atoms with Gasteiger partial charge < -0.3 is 19.2 Å². The second kappa shape index (κ2) is 10.4. The van der Waals surface area contributed by atoms with Gasteiger partial charge in [-0.15, -0.1) is 0 Å². The van der Waals surface area contributed by atoms with Gasteiger partial charge in [-0.1, -0.05) is 20.8 Å². The van der Waals surface area contributed by atoms with Gasteiger partial charge >= 0.3 is 0 Å². The molecule has 3 aromatic rings. The Labute approximate surface area is 223 Å². The van der Waals surface area contributed by atoms with Crippen LogP contribution >= 0.6 is 0 Å². The first-order valence-corrected chi connectivity index (χ1v) is 13.2. The fourth-order valence-electron chi connectivity index (χ4n) is 5.39. The van der Waals surface area contributed by atoms with Gasteiger partial charge in [0.2, 0.25) is 0 Å². The molecule has 1 N–H and O–H groups in total. The maximum absolute atomic E-state index is 13.4. The largest absolute Gasteiger partial charge is 0.507 e. The molecule has 2 aliphatic heterocycles. The van der Waals surface area contributed by atoms with E-state index in [-0.39, 0.29) is 17.3 Å². The molecule has 38 heavy (non-hydrogen) atoms. The molecule has 0 bridgehead atoms. The van der Waals surface area contributed by atoms with E-state index in [4.69, 9.17) is 9.15 Å². The maximum Gasteiger partial charge on any atom is 0.300 e. The Balaban J connectivity index is 1.56. The highest BCUT2D eigenvalue weighted by Gasteiger charge is 2.48. The third kappa shape index (κ3) is 4.57. The predicted octanol–water partition coefficient (Wildman–Crippen LogP) is 6.27. The Morgan fingerprint density at radius 1 is 1.03 bits per heavy atom. The van der Waals surface area contributed by atoms with E-state index in [1.807, 2.05) is 38.1 Å². The first-order valence-electron chi connectivity index (χ1n) is 13.2. The molecule has 0 spiro atoms. The predicted molar refractivity (Wildman–Crippen MR) is 148 cm³/mol. The van der Waals surface area contributed by atoms with E-state index in [0.717, 1.165) is 43.1 Å². The number of carbonyl (C=O) groups excluding carboxylic acids is 2. The molecule has 2 saturated heterocycles. The van der Waals surface area contributed by atoms with Gasteiger partial charge in [0.05, 0.1) is 18.9 Å². The summed E-state index contributed by atoms with van der Waals surface area (Å²) in [4.78, 5) is 30.6. The molecule has 5 rings (SSSR count). The molecule has 3 heterocycles. The van der Waals surface area contributed by atoms with Crippen LogP contribution in [0.15, 0.2) is 70.9 Å². The SMILES string of the molecule is COc1ccc(/C(O)=C2/C(=O)C(=O)N(c3ccc(N4CCC(C)CC4)cc3)C2c2ccco2)cc1C(C)C. The molecule has 1 atom stereocenters. The number of amides is 1. The summed E-state index contributed by atoms with van der Waals surface area (Å²) in [5.74, 6) is 0.261. The Bertz CT molecular complexity index is 1350. The van der Waals surface area contributed by atoms with Gasteiger partial charge in [0.25, 0.3) is 11.7 Å². The molecule has 1 amide bonds. The topological polar surface area (TPSA) is 83.2 Å². The molecular weight excluding hydrogens is 480 g/mol. The number of methoxy groups -OCH3 is 1. The Hall–Kier alpha value is -4.00. The zero-order valence-corrected chi connectivity index (χ0v) is 22.3. The van der Waals surface area contributed by atoms with Crippen LogP contribution in [0, 0.1) is 5.92 Å². The number of anilines is 2. The lowest BCUT2D eigenvalue weighted by Gasteiger charge is -2.32. The normalized spacial score (nSPS) is 20.0. The second-order valence-corrected chi connectivity index (χ2v) is 10.5. The van der Waals surface area contributed by atoms with Crippen molar-refractivity contribution in [3.05, 3.63) is 83.3 Å². The summed E-state index contributed by atoms with van der Waals surface area (Å²) in [6.45, 7) is 8.33. The van der Waals surface area contributed by atoms with Crippen molar-refractivity contribution in [2.45, 2.75) is 45.6 Å². The Morgan fingerprint density at radius 3 is 2.32 bits per heavy atom.